The van der Waals surface area contributed by atoms with Crippen LogP contribution in [0.4, 0.5) is 5.69 Å². The molecule has 0 bridgehead atoms. The lowest BCUT2D eigenvalue weighted by Crippen LogP contribution is -2.19. The quantitative estimate of drug-likeness (QED) is 0.780. The van der Waals surface area contributed by atoms with Gasteiger partial charge in [-0.2, -0.15) is 0 Å². The van der Waals surface area contributed by atoms with Gasteiger partial charge in [-0.3, -0.25) is 0 Å². The van der Waals surface area contributed by atoms with Crippen LogP contribution in [-0.2, 0) is 16.4 Å². The average molecular weight is 296 g/mol. The molecule has 20 heavy (non-hydrogen) atoms. The second-order valence-corrected chi connectivity index (χ2v) is 7.78. The molecule has 1 aromatic rings. The van der Waals surface area contributed by atoms with Gasteiger partial charge < -0.3 is 10.2 Å². The summed E-state index contributed by atoms with van der Waals surface area (Å²) in [4.78, 5) is 2.42. The number of benzene rings is 1. The van der Waals surface area contributed by atoms with Crippen molar-refractivity contribution in [3.8, 4) is 0 Å². The molecule has 0 spiro atoms. The first kappa shape index (κ1) is 15.3. The van der Waals surface area contributed by atoms with Crippen LogP contribution in [0.15, 0.2) is 24.3 Å². The third-order valence-electron chi connectivity index (χ3n) is 3.61. The fraction of sp³-hybridized carbons (Fsp3) is 0.600. The largest absolute Gasteiger partial charge is 0.372 e. The molecular formula is C15H24N2O2S. The molecule has 0 atom stereocenters. The van der Waals surface area contributed by atoms with E-state index in [4.69, 9.17) is 0 Å². The zero-order chi connectivity index (χ0) is 14.4. The van der Waals surface area contributed by atoms with Crippen molar-refractivity contribution in [3.63, 3.8) is 0 Å². The standard InChI is InChI=1S/C15H24N2O2S/c1-20(18,19)12-4-9-16-13-14-5-7-15(8-6-14)17-10-2-3-11-17/h5-8,16H,2-4,9-13H2,1H3. The topological polar surface area (TPSA) is 49.4 Å². The molecule has 1 fully saturated rings. The predicted molar refractivity (Wildman–Crippen MR) is 83.9 cm³/mol. The number of sulfone groups is 1. The van der Waals surface area contributed by atoms with E-state index >= 15 is 0 Å². The van der Waals surface area contributed by atoms with Crippen LogP contribution >= 0.6 is 0 Å². The average Bonchev–Trinajstić information content (AvgIpc) is 2.92. The Balaban J connectivity index is 1.71. The summed E-state index contributed by atoms with van der Waals surface area (Å²) in [6, 6.07) is 8.66. The van der Waals surface area contributed by atoms with Crippen LogP contribution in [-0.4, -0.2) is 40.1 Å². The predicted octanol–water partition coefficient (Wildman–Crippen LogP) is 1.81. The van der Waals surface area contributed by atoms with Gasteiger partial charge in [0.25, 0.3) is 0 Å². The number of nitrogens with one attached hydrogen (secondary N) is 1. The van der Waals surface area contributed by atoms with Crippen molar-refractivity contribution in [2.75, 3.05) is 36.5 Å². The number of anilines is 1. The summed E-state index contributed by atoms with van der Waals surface area (Å²) in [5.41, 5.74) is 2.55. The van der Waals surface area contributed by atoms with Crippen molar-refractivity contribution in [1.29, 1.82) is 0 Å². The molecular weight excluding hydrogens is 272 g/mol. The first-order chi connectivity index (χ1) is 9.54. The van der Waals surface area contributed by atoms with E-state index in [1.807, 2.05) is 0 Å². The minimum absolute atomic E-state index is 0.258. The zero-order valence-corrected chi connectivity index (χ0v) is 13.0. The van der Waals surface area contributed by atoms with E-state index < -0.39 is 9.84 Å². The lowest BCUT2D eigenvalue weighted by atomic mass is 10.2. The van der Waals surface area contributed by atoms with Crippen LogP contribution in [0.25, 0.3) is 0 Å². The van der Waals surface area contributed by atoms with Gasteiger partial charge >= 0.3 is 0 Å². The Kier molecular flexibility index (Phi) is 5.43. The highest BCUT2D eigenvalue weighted by molar-refractivity contribution is 7.90. The van der Waals surface area contributed by atoms with Gasteiger partial charge in [-0.1, -0.05) is 12.1 Å². The molecule has 5 heteroatoms. The van der Waals surface area contributed by atoms with Crippen molar-refractivity contribution in [1.82, 2.24) is 5.32 Å². The van der Waals surface area contributed by atoms with Gasteiger partial charge in [-0.25, -0.2) is 8.42 Å². The zero-order valence-electron chi connectivity index (χ0n) is 12.1. The molecule has 0 amide bonds. The first-order valence-electron chi connectivity index (χ1n) is 7.27. The van der Waals surface area contributed by atoms with E-state index in [-0.39, 0.29) is 5.75 Å². The summed E-state index contributed by atoms with van der Waals surface area (Å²) in [6.45, 7) is 3.87. The molecule has 1 aromatic carbocycles. The monoisotopic (exact) mass is 296 g/mol. The molecule has 1 heterocycles. The maximum atomic E-state index is 11.0. The van der Waals surface area contributed by atoms with Crippen molar-refractivity contribution in [2.45, 2.75) is 25.8 Å². The first-order valence-corrected chi connectivity index (χ1v) is 9.33. The lowest BCUT2D eigenvalue weighted by molar-refractivity contribution is 0.594. The van der Waals surface area contributed by atoms with Crippen LogP contribution in [0.2, 0.25) is 0 Å². The van der Waals surface area contributed by atoms with E-state index in [1.54, 1.807) is 0 Å². The van der Waals surface area contributed by atoms with E-state index in [0.717, 1.165) is 13.1 Å². The van der Waals surface area contributed by atoms with Crippen molar-refractivity contribution >= 4 is 15.5 Å². The second kappa shape index (κ2) is 7.09. The van der Waals surface area contributed by atoms with Gasteiger partial charge in [0, 0.05) is 31.6 Å². The number of nitrogens with zero attached hydrogens (tertiary/aromatic N) is 1. The molecule has 0 radical (unpaired) electrons. The Labute approximate surface area is 122 Å². The minimum Gasteiger partial charge on any atom is -0.372 e. The molecule has 0 aromatic heterocycles. The SMILES string of the molecule is CS(=O)(=O)CCCNCc1ccc(N2CCCC2)cc1. The van der Waals surface area contributed by atoms with Crippen LogP contribution in [0.1, 0.15) is 24.8 Å². The van der Waals surface area contributed by atoms with E-state index in [1.165, 1.54) is 43.4 Å². The van der Waals surface area contributed by atoms with E-state index in [2.05, 4.69) is 34.5 Å². The van der Waals surface area contributed by atoms with Gasteiger partial charge in [0.15, 0.2) is 0 Å². The minimum atomic E-state index is -2.83. The van der Waals surface area contributed by atoms with Crippen LogP contribution in [0, 0.1) is 0 Å². The second-order valence-electron chi connectivity index (χ2n) is 5.52. The van der Waals surface area contributed by atoms with Crippen LogP contribution in [0.3, 0.4) is 0 Å². The normalized spacial score (nSPS) is 15.8. The fourth-order valence-corrected chi connectivity index (χ4v) is 3.16. The summed E-state index contributed by atoms with van der Waals surface area (Å²) in [5, 5.41) is 3.29. The number of hydrogen-bond acceptors (Lipinski definition) is 4. The van der Waals surface area contributed by atoms with Crippen LogP contribution in [0.5, 0.6) is 0 Å². The van der Waals surface area contributed by atoms with E-state index in [9.17, 15) is 8.42 Å². The third kappa shape index (κ3) is 5.13. The molecule has 112 valence electrons. The molecule has 0 unspecified atom stereocenters. The third-order valence-corrected chi connectivity index (χ3v) is 4.64. The Morgan fingerprint density at radius 3 is 2.40 bits per heavy atom. The van der Waals surface area contributed by atoms with Gasteiger partial charge in [-0.15, -0.1) is 0 Å². The Bertz CT molecular complexity index is 505. The molecule has 0 aliphatic carbocycles. The Morgan fingerprint density at radius 1 is 1.15 bits per heavy atom. The summed E-state index contributed by atoms with van der Waals surface area (Å²) in [7, 11) is -2.83. The molecule has 1 aliphatic rings. The molecule has 0 saturated carbocycles. The van der Waals surface area contributed by atoms with Gasteiger partial charge in [-0.05, 0) is 43.5 Å². The molecule has 2 rings (SSSR count). The summed E-state index contributed by atoms with van der Waals surface area (Å²) >= 11 is 0. The van der Waals surface area contributed by atoms with Crippen molar-refractivity contribution < 1.29 is 8.42 Å². The summed E-state index contributed by atoms with van der Waals surface area (Å²) < 4.78 is 22.0. The smallest absolute Gasteiger partial charge is 0.147 e. The van der Waals surface area contributed by atoms with Crippen LogP contribution < -0.4 is 10.2 Å². The Morgan fingerprint density at radius 2 is 1.80 bits per heavy atom. The van der Waals surface area contributed by atoms with Gasteiger partial charge in [0.05, 0.1) is 5.75 Å². The highest BCUT2D eigenvalue weighted by Crippen LogP contribution is 2.20. The van der Waals surface area contributed by atoms with E-state index in [0.29, 0.717) is 6.42 Å². The lowest BCUT2D eigenvalue weighted by Gasteiger charge is -2.17. The molecule has 1 saturated heterocycles. The molecule has 1 N–H and O–H groups in total. The van der Waals surface area contributed by atoms with Gasteiger partial charge in [0.2, 0.25) is 0 Å². The maximum absolute atomic E-state index is 11.0. The Hall–Kier alpha value is -1.07. The highest BCUT2D eigenvalue weighted by Gasteiger charge is 2.11. The molecule has 4 nitrogen and oxygen atoms in total. The summed E-state index contributed by atoms with van der Waals surface area (Å²) in [5.74, 6) is 0.258. The highest BCUT2D eigenvalue weighted by atomic mass is 32.2. The number of hydrogen-bond donors (Lipinski definition) is 1. The maximum Gasteiger partial charge on any atom is 0.147 e. The summed E-state index contributed by atoms with van der Waals surface area (Å²) in [6.07, 6.45) is 4.54. The number of rotatable bonds is 7. The molecule has 1 aliphatic heterocycles. The van der Waals surface area contributed by atoms with Crippen molar-refractivity contribution in [3.05, 3.63) is 29.8 Å². The fourth-order valence-electron chi connectivity index (χ4n) is 2.49. The van der Waals surface area contributed by atoms with Crippen molar-refractivity contribution in [2.24, 2.45) is 0 Å². The van der Waals surface area contributed by atoms with Gasteiger partial charge in [0.1, 0.15) is 9.84 Å².